The van der Waals surface area contributed by atoms with E-state index >= 15 is 0 Å². The third kappa shape index (κ3) is 3.33. The number of imide groups is 1. The number of nitrogens with one attached hydrogen (secondary N) is 1. The Labute approximate surface area is 197 Å². The molecule has 3 amide bonds. The van der Waals surface area contributed by atoms with Crippen LogP contribution >= 0.6 is 0 Å². The van der Waals surface area contributed by atoms with Crippen LogP contribution in [0.25, 0.3) is 22.2 Å². The molecule has 1 aromatic heterocycles. The first-order valence-corrected chi connectivity index (χ1v) is 10.9. The molecule has 7 heteroatoms. The Kier molecular flexibility index (Phi) is 5.17. The van der Waals surface area contributed by atoms with Crippen molar-refractivity contribution in [3.05, 3.63) is 90.0 Å². The van der Waals surface area contributed by atoms with Gasteiger partial charge in [-0.15, -0.1) is 5.01 Å². The standard InChI is InChI=1S/C27H24N4O3/c1-27(19-13-15-20(34-3)16-14-19)25(32)31(26(33)29-27)28-17-22-21-11-7-8-12-23(21)30(2)24(22)18-9-5-4-6-10-18/h4-17H,1-3H3,(H,29,33). The van der Waals surface area contributed by atoms with Crippen molar-refractivity contribution in [3.63, 3.8) is 0 Å². The zero-order chi connectivity index (χ0) is 23.9. The van der Waals surface area contributed by atoms with Gasteiger partial charge < -0.3 is 14.6 Å². The molecule has 0 saturated carbocycles. The van der Waals surface area contributed by atoms with Crippen LogP contribution in [-0.2, 0) is 17.4 Å². The fourth-order valence-corrected chi connectivity index (χ4v) is 4.46. The Bertz CT molecular complexity index is 1420. The number of carbonyl (C=O) groups excluding carboxylic acids is 2. The van der Waals surface area contributed by atoms with Crippen LogP contribution in [0.4, 0.5) is 4.79 Å². The number of benzene rings is 3. The van der Waals surface area contributed by atoms with Gasteiger partial charge in [-0.3, -0.25) is 4.79 Å². The summed E-state index contributed by atoms with van der Waals surface area (Å²) >= 11 is 0. The van der Waals surface area contributed by atoms with Crippen LogP contribution in [0.15, 0.2) is 84.0 Å². The Balaban J connectivity index is 1.55. The molecule has 7 nitrogen and oxygen atoms in total. The summed E-state index contributed by atoms with van der Waals surface area (Å²) in [4.78, 5) is 26.1. The lowest BCUT2D eigenvalue weighted by molar-refractivity contribution is -0.131. The number of para-hydroxylation sites is 1. The number of fused-ring (bicyclic) bond motifs is 1. The van der Waals surface area contributed by atoms with Gasteiger partial charge in [0, 0.05) is 23.5 Å². The quantitative estimate of drug-likeness (QED) is 0.354. The van der Waals surface area contributed by atoms with E-state index in [1.807, 2.05) is 61.6 Å². The Morgan fingerprint density at radius 1 is 0.941 bits per heavy atom. The monoisotopic (exact) mass is 452 g/mol. The molecule has 5 rings (SSSR count). The molecule has 170 valence electrons. The van der Waals surface area contributed by atoms with Crippen LogP contribution in [0.5, 0.6) is 5.75 Å². The lowest BCUT2D eigenvalue weighted by Crippen LogP contribution is -2.40. The number of hydrogen-bond acceptors (Lipinski definition) is 4. The topological polar surface area (TPSA) is 75.9 Å². The van der Waals surface area contributed by atoms with E-state index in [9.17, 15) is 9.59 Å². The van der Waals surface area contributed by atoms with E-state index in [1.165, 1.54) is 0 Å². The molecule has 2 heterocycles. The van der Waals surface area contributed by atoms with Crippen LogP contribution in [0.3, 0.4) is 0 Å². The predicted octanol–water partition coefficient (Wildman–Crippen LogP) is 4.66. The molecule has 0 aliphatic carbocycles. The highest BCUT2D eigenvalue weighted by Crippen LogP contribution is 2.33. The summed E-state index contributed by atoms with van der Waals surface area (Å²) in [6, 6.07) is 24.4. The summed E-state index contributed by atoms with van der Waals surface area (Å²) in [5, 5.41) is 9.04. The minimum atomic E-state index is -1.22. The summed E-state index contributed by atoms with van der Waals surface area (Å²) in [5.41, 5.74) is 3.27. The molecule has 0 spiro atoms. The van der Waals surface area contributed by atoms with E-state index in [-0.39, 0.29) is 0 Å². The number of methoxy groups -OCH3 is 1. The third-order valence-electron chi connectivity index (χ3n) is 6.33. The first kappa shape index (κ1) is 21.5. The third-order valence-corrected chi connectivity index (χ3v) is 6.33. The van der Waals surface area contributed by atoms with Crippen molar-refractivity contribution < 1.29 is 14.3 Å². The molecule has 1 fully saturated rings. The number of aryl methyl sites for hydroxylation is 1. The van der Waals surface area contributed by atoms with Crippen molar-refractivity contribution in [2.24, 2.45) is 12.1 Å². The Morgan fingerprint density at radius 3 is 2.32 bits per heavy atom. The lowest BCUT2D eigenvalue weighted by atomic mass is 9.92. The average Bonchev–Trinajstić information content (AvgIpc) is 3.28. The zero-order valence-electron chi connectivity index (χ0n) is 19.1. The van der Waals surface area contributed by atoms with Gasteiger partial charge in [-0.1, -0.05) is 60.7 Å². The number of rotatable bonds is 5. The number of hydrogen-bond donors (Lipinski definition) is 1. The molecule has 1 atom stereocenters. The van der Waals surface area contributed by atoms with Crippen LogP contribution in [0.2, 0.25) is 0 Å². The highest BCUT2D eigenvalue weighted by atomic mass is 16.5. The van der Waals surface area contributed by atoms with E-state index in [4.69, 9.17) is 4.74 Å². The minimum absolute atomic E-state index is 0.444. The number of urea groups is 1. The molecule has 4 aromatic rings. The van der Waals surface area contributed by atoms with Gasteiger partial charge in [0.15, 0.2) is 0 Å². The first-order chi connectivity index (χ1) is 16.4. The maximum Gasteiger partial charge on any atom is 0.346 e. The molecule has 1 aliphatic rings. The maximum atomic E-state index is 13.3. The molecule has 3 aromatic carbocycles. The second-order valence-corrected chi connectivity index (χ2v) is 8.35. The molecule has 0 radical (unpaired) electrons. The summed E-state index contributed by atoms with van der Waals surface area (Å²) in [5.74, 6) is 0.226. The number of ether oxygens (including phenoxy) is 1. The van der Waals surface area contributed by atoms with Gasteiger partial charge >= 0.3 is 6.03 Å². The number of nitrogens with zero attached hydrogens (tertiary/aromatic N) is 3. The van der Waals surface area contributed by atoms with Crippen molar-refractivity contribution in [2.45, 2.75) is 12.5 Å². The zero-order valence-corrected chi connectivity index (χ0v) is 19.1. The number of amides is 3. The number of carbonyl (C=O) groups is 2. The van der Waals surface area contributed by atoms with E-state index in [0.29, 0.717) is 11.3 Å². The van der Waals surface area contributed by atoms with Crippen molar-refractivity contribution in [1.82, 2.24) is 14.9 Å². The van der Waals surface area contributed by atoms with Gasteiger partial charge in [0.05, 0.1) is 19.0 Å². The molecule has 1 saturated heterocycles. The maximum absolute atomic E-state index is 13.3. The fourth-order valence-electron chi connectivity index (χ4n) is 4.46. The summed E-state index contributed by atoms with van der Waals surface area (Å²) in [7, 11) is 3.57. The van der Waals surface area contributed by atoms with Crippen molar-refractivity contribution >= 4 is 29.1 Å². The van der Waals surface area contributed by atoms with Gasteiger partial charge in [0.2, 0.25) is 0 Å². The van der Waals surface area contributed by atoms with Gasteiger partial charge in [0.1, 0.15) is 11.3 Å². The van der Waals surface area contributed by atoms with E-state index in [1.54, 1.807) is 44.5 Å². The highest BCUT2D eigenvalue weighted by molar-refractivity contribution is 6.10. The van der Waals surface area contributed by atoms with Gasteiger partial charge in [0.25, 0.3) is 5.91 Å². The molecule has 1 aliphatic heterocycles. The fraction of sp³-hybridized carbons (Fsp3) is 0.148. The van der Waals surface area contributed by atoms with Crippen LogP contribution < -0.4 is 10.1 Å². The number of hydrazone groups is 1. The largest absolute Gasteiger partial charge is 0.497 e. The second kappa shape index (κ2) is 8.19. The molecular weight excluding hydrogens is 428 g/mol. The van der Waals surface area contributed by atoms with Gasteiger partial charge in [-0.05, 0) is 36.2 Å². The molecule has 1 unspecified atom stereocenters. The SMILES string of the molecule is COc1ccc(C2(C)NC(=O)N(N=Cc3c(-c4ccccc4)n(C)c4ccccc34)C2=O)cc1. The van der Waals surface area contributed by atoms with Crippen LogP contribution in [0, 0.1) is 0 Å². The molecule has 34 heavy (non-hydrogen) atoms. The summed E-state index contributed by atoms with van der Waals surface area (Å²) in [6.07, 6.45) is 1.60. The van der Waals surface area contributed by atoms with E-state index in [2.05, 4.69) is 15.0 Å². The van der Waals surface area contributed by atoms with Crippen LogP contribution in [-0.4, -0.2) is 34.8 Å². The number of aromatic nitrogens is 1. The highest BCUT2D eigenvalue weighted by Gasteiger charge is 2.49. The Morgan fingerprint density at radius 2 is 1.62 bits per heavy atom. The molecular formula is C27H24N4O3. The summed E-state index contributed by atoms with van der Waals surface area (Å²) < 4.78 is 7.29. The van der Waals surface area contributed by atoms with E-state index in [0.717, 1.165) is 32.7 Å². The first-order valence-electron chi connectivity index (χ1n) is 10.9. The minimum Gasteiger partial charge on any atom is -0.497 e. The van der Waals surface area contributed by atoms with Crippen molar-refractivity contribution in [3.8, 4) is 17.0 Å². The Hall–Kier alpha value is -4.39. The van der Waals surface area contributed by atoms with Crippen molar-refractivity contribution in [2.75, 3.05) is 7.11 Å². The smallest absolute Gasteiger partial charge is 0.346 e. The summed E-state index contributed by atoms with van der Waals surface area (Å²) in [6.45, 7) is 1.68. The normalized spacial score (nSPS) is 18.1. The van der Waals surface area contributed by atoms with Crippen molar-refractivity contribution in [1.29, 1.82) is 0 Å². The molecule has 1 N–H and O–H groups in total. The second-order valence-electron chi connectivity index (χ2n) is 8.35. The van der Waals surface area contributed by atoms with Gasteiger partial charge in [-0.25, -0.2) is 4.79 Å². The average molecular weight is 453 g/mol. The predicted molar refractivity (Wildman–Crippen MR) is 132 cm³/mol. The lowest BCUT2D eigenvalue weighted by Gasteiger charge is -2.21. The van der Waals surface area contributed by atoms with Crippen LogP contribution in [0.1, 0.15) is 18.1 Å². The molecule has 0 bridgehead atoms. The van der Waals surface area contributed by atoms with E-state index < -0.39 is 17.5 Å². The van der Waals surface area contributed by atoms with Gasteiger partial charge in [-0.2, -0.15) is 5.10 Å².